The normalized spacial score (nSPS) is 14.6. The number of hydrogen-bond acceptors (Lipinski definition) is 7. The summed E-state index contributed by atoms with van der Waals surface area (Å²) in [5.74, 6) is 1.64. The number of nitrogens with two attached hydrogens (primary N) is 1. The summed E-state index contributed by atoms with van der Waals surface area (Å²) in [6.07, 6.45) is 2.66. The van der Waals surface area contributed by atoms with Gasteiger partial charge in [-0.05, 0) is 49.1 Å². The molecule has 0 radical (unpaired) electrons. The third-order valence-corrected chi connectivity index (χ3v) is 6.08. The molecule has 2 aromatic heterocycles. The molecule has 9 heteroatoms. The second-order valence-electron chi connectivity index (χ2n) is 8.11. The van der Waals surface area contributed by atoms with Crippen LogP contribution in [0.5, 0.6) is 5.75 Å². The highest BCUT2D eigenvalue weighted by atomic mass is 16.5. The van der Waals surface area contributed by atoms with Crippen LogP contribution in [0.1, 0.15) is 40.7 Å². The molecule has 1 aliphatic heterocycles. The number of nitrogens with zero attached hydrogens (tertiary/aromatic N) is 3. The van der Waals surface area contributed by atoms with Crippen molar-refractivity contribution in [1.29, 1.82) is 0 Å². The van der Waals surface area contributed by atoms with E-state index in [1.54, 1.807) is 19.4 Å². The zero-order chi connectivity index (χ0) is 23.5. The number of aryl methyl sites for hydroxylation is 2. The van der Waals surface area contributed by atoms with Crippen molar-refractivity contribution in [2.45, 2.75) is 45.8 Å². The van der Waals surface area contributed by atoms with Crippen LogP contribution in [0.4, 0.5) is 11.5 Å². The number of nitrogens with one attached hydrogen (secondary N) is 2. The van der Waals surface area contributed by atoms with Crippen LogP contribution < -0.4 is 26.7 Å². The molecule has 3 heterocycles. The lowest BCUT2D eigenvalue weighted by Gasteiger charge is -2.17. The van der Waals surface area contributed by atoms with Crippen LogP contribution in [0.15, 0.2) is 41.3 Å². The van der Waals surface area contributed by atoms with Crippen LogP contribution in [0, 0.1) is 13.8 Å². The quantitative estimate of drug-likeness (QED) is 0.506. The number of ether oxygens (including phenoxy) is 1. The third-order valence-electron chi connectivity index (χ3n) is 6.08. The average molecular weight is 449 g/mol. The van der Waals surface area contributed by atoms with Gasteiger partial charge >= 0.3 is 0 Å². The lowest BCUT2D eigenvalue weighted by atomic mass is 10.1. The van der Waals surface area contributed by atoms with E-state index < -0.39 is 6.04 Å². The minimum atomic E-state index is -0.595. The van der Waals surface area contributed by atoms with Crippen molar-refractivity contribution >= 4 is 17.4 Å². The highest BCUT2D eigenvalue weighted by molar-refractivity contribution is 5.81. The zero-order valence-electron chi connectivity index (χ0n) is 19.0. The second kappa shape index (κ2) is 9.32. The summed E-state index contributed by atoms with van der Waals surface area (Å²) >= 11 is 0. The fourth-order valence-corrected chi connectivity index (χ4v) is 4.13. The first kappa shape index (κ1) is 22.3. The Morgan fingerprint density at radius 2 is 2.03 bits per heavy atom. The summed E-state index contributed by atoms with van der Waals surface area (Å²) in [6, 6.07) is 8.74. The van der Waals surface area contributed by atoms with E-state index in [0.717, 1.165) is 28.1 Å². The summed E-state index contributed by atoms with van der Waals surface area (Å²) in [7, 11) is 1.63. The SMILES string of the molecule is COc1cccc(CNc2cnc3n(c2=O)[C@H](C(=O)NCc2ccc(N)nc2C)CC3)c1C. The van der Waals surface area contributed by atoms with Gasteiger partial charge < -0.3 is 21.1 Å². The molecule has 33 heavy (non-hydrogen) atoms. The molecule has 4 rings (SSSR count). The van der Waals surface area contributed by atoms with E-state index in [1.165, 1.54) is 4.57 Å². The maximum atomic E-state index is 13.2. The highest BCUT2D eigenvalue weighted by Crippen LogP contribution is 2.24. The predicted octanol–water partition coefficient (Wildman–Crippen LogP) is 2.26. The lowest BCUT2D eigenvalue weighted by Crippen LogP contribution is -2.36. The van der Waals surface area contributed by atoms with Crippen LogP contribution in [0.2, 0.25) is 0 Å². The molecule has 4 N–H and O–H groups in total. The molecule has 0 saturated heterocycles. The molecular weight excluding hydrogens is 420 g/mol. The number of carbonyl (C=O) groups is 1. The van der Waals surface area contributed by atoms with Crippen molar-refractivity contribution in [1.82, 2.24) is 19.9 Å². The Labute approximate surface area is 192 Å². The Balaban J connectivity index is 1.49. The standard InChI is InChI=1S/C24H28N6O3/c1-14-16(5-4-6-20(14)33-3)11-26-18-13-27-22-10-8-19(30(22)24(18)32)23(31)28-12-17-7-9-21(25)29-15(17)2/h4-7,9,13,19,26H,8,10-12H2,1-3H3,(H2,25,29)(H,28,31)/t19-/m0/s1. The summed E-state index contributed by atoms with van der Waals surface area (Å²) < 4.78 is 6.87. The van der Waals surface area contributed by atoms with Crippen LogP contribution in [-0.2, 0) is 24.3 Å². The summed E-state index contributed by atoms with van der Waals surface area (Å²) in [4.78, 5) is 34.8. The van der Waals surface area contributed by atoms with E-state index in [0.29, 0.717) is 43.3 Å². The smallest absolute Gasteiger partial charge is 0.277 e. The Kier molecular flexibility index (Phi) is 6.30. The van der Waals surface area contributed by atoms with Crippen molar-refractivity contribution in [2.24, 2.45) is 0 Å². The van der Waals surface area contributed by atoms with E-state index in [1.807, 2.05) is 38.1 Å². The van der Waals surface area contributed by atoms with Crippen molar-refractivity contribution in [3.05, 3.63) is 75.1 Å². The molecule has 9 nitrogen and oxygen atoms in total. The average Bonchev–Trinajstić information content (AvgIpc) is 3.24. The number of carbonyl (C=O) groups excluding carboxylic acids is 1. The topological polar surface area (TPSA) is 124 Å². The lowest BCUT2D eigenvalue weighted by molar-refractivity contribution is -0.124. The number of benzene rings is 1. The van der Waals surface area contributed by atoms with Gasteiger partial charge in [0.2, 0.25) is 5.91 Å². The largest absolute Gasteiger partial charge is 0.496 e. The van der Waals surface area contributed by atoms with Crippen molar-refractivity contribution in [3.63, 3.8) is 0 Å². The van der Waals surface area contributed by atoms with E-state index in [9.17, 15) is 9.59 Å². The van der Waals surface area contributed by atoms with Gasteiger partial charge in [0, 0.05) is 25.2 Å². The van der Waals surface area contributed by atoms with E-state index in [-0.39, 0.29) is 11.5 Å². The van der Waals surface area contributed by atoms with Gasteiger partial charge in [0.15, 0.2) is 0 Å². The first-order valence-electron chi connectivity index (χ1n) is 10.9. The minimum Gasteiger partial charge on any atom is -0.496 e. The van der Waals surface area contributed by atoms with E-state index in [2.05, 4.69) is 20.6 Å². The number of rotatable bonds is 7. The number of nitrogen functional groups attached to an aromatic ring is 1. The molecule has 1 aliphatic rings. The van der Waals surface area contributed by atoms with E-state index in [4.69, 9.17) is 10.5 Å². The fraction of sp³-hybridized carbons (Fsp3) is 0.333. The molecule has 0 unspecified atom stereocenters. The summed E-state index contributed by atoms with van der Waals surface area (Å²) in [6.45, 7) is 4.58. The van der Waals surface area contributed by atoms with Crippen LogP contribution in [0.25, 0.3) is 0 Å². The molecule has 0 aliphatic carbocycles. The van der Waals surface area contributed by atoms with Gasteiger partial charge in [0.1, 0.15) is 29.1 Å². The van der Waals surface area contributed by atoms with Gasteiger partial charge in [-0.2, -0.15) is 0 Å². The Morgan fingerprint density at radius 3 is 2.79 bits per heavy atom. The van der Waals surface area contributed by atoms with Gasteiger partial charge in [-0.15, -0.1) is 0 Å². The number of pyridine rings is 1. The fourth-order valence-electron chi connectivity index (χ4n) is 4.13. The molecule has 1 atom stereocenters. The zero-order valence-corrected chi connectivity index (χ0v) is 19.0. The Bertz CT molecular complexity index is 1250. The van der Waals surface area contributed by atoms with Gasteiger partial charge in [0.25, 0.3) is 5.56 Å². The van der Waals surface area contributed by atoms with Crippen molar-refractivity contribution in [2.75, 3.05) is 18.2 Å². The molecule has 172 valence electrons. The Morgan fingerprint density at radius 1 is 1.21 bits per heavy atom. The molecule has 1 amide bonds. The van der Waals surface area contributed by atoms with Gasteiger partial charge in [-0.1, -0.05) is 18.2 Å². The van der Waals surface area contributed by atoms with Gasteiger partial charge in [-0.3, -0.25) is 14.2 Å². The van der Waals surface area contributed by atoms with E-state index >= 15 is 0 Å². The molecular formula is C24H28N6O3. The highest BCUT2D eigenvalue weighted by Gasteiger charge is 2.31. The van der Waals surface area contributed by atoms with Gasteiger partial charge in [0.05, 0.1) is 13.3 Å². The third kappa shape index (κ3) is 4.52. The number of amides is 1. The molecule has 0 bridgehead atoms. The first-order valence-corrected chi connectivity index (χ1v) is 10.9. The van der Waals surface area contributed by atoms with Gasteiger partial charge in [-0.25, -0.2) is 9.97 Å². The summed E-state index contributed by atoms with van der Waals surface area (Å²) in [5, 5.41) is 6.10. The van der Waals surface area contributed by atoms with Crippen molar-refractivity contribution in [3.8, 4) is 5.75 Å². The molecule has 3 aromatic rings. The van der Waals surface area contributed by atoms with Crippen molar-refractivity contribution < 1.29 is 9.53 Å². The van der Waals surface area contributed by atoms with Crippen LogP contribution in [0.3, 0.4) is 0 Å². The molecule has 0 saturated carbocycles. The molecule has 1 aromatic carbocycles. The summed E-state index contributed by atoms with van der Waals surface area (Å²) in [5.41, 5.74) is 9.47. The first-order chi connectivity index (χ1) is 15.9. The predicted molar refractivity (Wildman–Crippen MR) is 126 cm³/mol. The van der Waals surface area contributed by atoms with Crippen LogP contribution in [-0.4, -0.2) is 27.6 Å². The van der Waals surface area contributed by atoms with Crippen LogP contribution >= 0.6 is 0 Å². The number of anilines is 2. The minimum absolute atomic E-state index is 0.213. The Hall–Kier alpha value is -3.88. The second-order valence-corrected chi connectivity index (χ2v) is 8.11. The molecule has 0 spiro atoms. The maximum Gasteiger partial charge on any atom is 0.277 e. The molecule has 0 fully saturated rings. The number of hydrogen-bond donors (Lipinski definition) is 3. The number of aromatic nitrogens is 3. The number of fused-ring (bicyclic) bond motifs is 1. The monoisotopic (exact) mass is 448 g/mol. The number of methoxy groups -OCH3 is 1. The maximum absolute atomic E-state index is 13.2.